The van der Waals surface area contributed by atoms with Crippen molar-refractivity contribution in [2.75, 3.05) is 0 Å². The van der Waals surface area contributed by atoms with Gasteiger partial charge in [-0.2, -0.15) is 0 Å². The quantitative estimate of drug-likeness (QED) is 0.372. The maximum atomic E-state index is 13.1. The third-order valence-electron chi connectivity index (χ3n) is 3.99. The molecule has 122 valence electrons. The van der Waals surface area contributed by atoms with Crippen molar-refractivity contribution in [3.8, 4) is 10.4 Å². The number of hydrogen-bond acceptors (Lipinski definition) is 2. The van der Waals surface area contributed by atoms with Gasteiger partial charge in [-0.05, 0) is 36.6 Å². The van der Waals surface area contributed by atoms with Crippen LogP contribution in [0.3, 0.4) is 0 Å². The van der Waals surface area contributed by atoms with Gasteiger partial charge in [-0.25, -0.2) is 4.39 Å². The van der Waals surface area contributed by atoms with E-state index < -0.39 is 0 Å². The lowest BCUT2D eigenvalue weighted by Crippen LogP contribution is -1.81. The Hall–Kier alpha value is -0.900. The SMILES string of the molecule is CCCCCCCc1cc2sc(-c3ccc(F)cc3)c(Cl)c2s1. The molecule has 0 aliphatic rings. The molecule has 4 heteroatoms. The van der Waals surface area contributed by atoms with Crippen LogP contribution in [0.15, 0.2) is 30.3 Å². The van der Waals surface area contributed by atoms with Gasteiger partial charge in [-0.3, -0.25) is 0 Å². The number of hydrogen-bond donors (Lipinski definition) is 0. The minimum absolute atomic E-state index is 0.214. The Morgan fingerprint density at radius 3 is 2.43 bits per heavy atom. The summed E-state index contributed by atoms with van der Waals surface area (Å²) in [5, 5.41) is 0.818. The van der Waals surface area contributed by atoms with Crippen molar-refractivity contribution in [2.24, 2.45) is 0 Å². The molecular formula is C19H20ClFS2. The van der Waals surface area contributed by atoms with Crippen molar-refractivity contribution in [3.63, 3.8) is 0 Å². The summed E-state index contributed by atoms with van der Waals surface area (Å²) >= 11 is 10.1. The Morgan fingerprint density at radius 1 is 1.00 bits per heavy atom. The van der Waals surface area contributed by atoms with E-state index >= 15 is 0 Å². The largest absolute Gasteiger partial charge is 0.207 e. The molecule has 3 rings (SSSR count). The van der Waals surface area contributed by atoms with Gasteiger partial charge in [-0.1, -0.05) is 56.3 Å². The molecule has 3 aromatic rings. The van der Waals surface area contributed by atoms with Crippen LogP contribution in [-0.2, 0) is 6.42 Å². The maximum absolute atomic E-state index is 13.1. The summed E-state index contributed by atoms with van der Waals surface area (Å²) in [6.45, 7) is 2.24. The zero-order chi connectivity index (χ0) is 16.2. The van der Waals surface area contributed by atoms with Crippen LogP contribution >= 0.6 is 34.3 Å². The third kappa shape index (κ3) is 3.96. The number of benzene rings is 1. The van der Waals surface area contributed by atoms with E-state index in [1.165, 1.54) is 58.5 Å². The Kier molecular flexibility index (Phi) is 5.73. The first-order valence-electron chi connectivity index (χ1n) is 8.15. The third-order valence-corrected chi connectivity index (χ3v) is 7.12. The van der Waals surface area contributed by atoms with Crippen molar-refractivity contribution in [3.05, 3.63) is 46.0 Å². The predicted octanol–water partition coefficient (Wildman–Crippen LogP) is 7.94. The number of unbranched alkanes of at least 4 members (excludes halogenated alkanes) is 4. The fourth-order valence-electron chi connectivity index (χ4n) is 2.72. The summed E-state index contributed by atoms with van der Waals surface area (Å²) in [5.41, 5.74) is 0.992. The summed E-state index contributed by atoms with van der Waals surface area (Å²) in [7, 11) is 0. The van der Waals surface area contributed by atoms with Gasteiger partial charge in [0.1, 0.15) is 5.82 Å². The van der Waals surface area contributed by atoms with Crippen molar-refractivity contribution in [2.45, 2.75) is 45.4 Å². The molecule has 0 spiro atoms. The lowest BCUT2D eigenvalue weighted by molar-refractivity contribution is 0.628. The normalized spacial score (nSPS) is 11.4. The van der Waals surface area contributed by atoms with Gasteiger partial charge in [-0.15, -0.1) is 22.7 Å². The second-order valence-electron chi connectivity index (χ2n) is 5.82. The molecule has 0 unspecified atom stereocenters. The van der Waals surface area contributed by atoms with Crippen LogP contribution < -0.4 is 0 Å². The van der Waals surface area contributed by atoms with Gasteiger partial charge in [0, 0.05) is 9.58 Å². The number of fused-ring (bicyclic) bond motifs is 1. The molecule has 23 heavy (non-hydrogen) atoms. The molecule has 0 N–H and O–H groups in total. The predicted molar refractivity (Wildman–Crippen MR) is 103 cm³/mol. The standard InChI is InChI=1S/C19H20ClFS2/c1-2-3-4-5-6-7-15-12-16-19(22-15)17(20)18(23-16)13-8-10-14(21)11-9-13/h8-12H,2-7H2,1H3. The molecule has 0 fully saturated rings. The zero-order valence-corrected chi connectivity index (χ0v) is 15.6. The highest BCUT2D eigenvalue weighted by Gasteiger charge is 2.15. The van der Waals surface area contributed by atoms with Gasteiger partial charge < -0.3 is 0 Å². The second-order valence-corrected chi connectivity index (χ2v) is 8.39. The number of halogens is 2. The van der Waals surface area contributed by atoms with Gasteiger partial charge in [0.05, 0.1) is 14.6 Å². The molecule has 0 nitrogen and oxygen atoms in total. The highest BCUT2D eigenvalue weighted by molar-refractivity contribution is 7.30. The van der Waals surface area contributed by atoms with Crippen LogP contribution in [0.4, 0.5) is 4.39 Å². The maximum Gasteiger partial charge on any atom is 0.123 e. The first-order chi connectivity index (χ1) is 11.2. The van der Waals surface area contributed by atoms with Crippen LogP contribution in [0, 0.1) is 5.82 Å². The Balaban J connectivity index is 1.74. The average Bonchev–Trinajstić information content (AvgIpc) is 3.08. The molecule has 0 radical (unpaired) electrons. The number of thiophene rings is 2. The number of rotatable bonds is 7. The zero-order valence-electron chi connectivity index (χ0n) is 13.2. The summed E-state index contributed by atoms with van der Waals surface area (Å²) in [4.78, 5) is 2.47. The minimum Gasteiger partial charge on any atom is -0.207 e. The van der Waals surface area contributed by atoms with E-state index in [-0.39, 0.29) is 5.82 Å². The molecule has 0 aliphatic carbocycles. The Morgan fingerprint density at radius 2 is 1.74 bits per heavy atom. The summed E-state index contributed by atoms with van der Waals surface area (Å²) < 4.78 is 15.5. The van der Waals surface area contributed by atoms with E-state index in [4.69, 9.17) is 11.6 Å². The fraction of sp³-hybridized carbons (Fsp3) is 0.368. The Labute approximate surface area is 149 Å². The molecule has 2 heterocycles. The van der Waals surface area contributed by atoms with Crippen LogP contribution in [0.5, 0.6) is 0 Å². The molecule has 1 aromatic carbocycles. The molecule has 0 aliphatic heterocycles. The lowest BCUT2D eigenvalue weighted by Gasteiger charge is -1.99. The monoisotopic (exact) mass is 366 g/mol. The van der Waals surface area contributed by atoms with E-state index in [0.717, 1.165) is 21.9 Å². The lowest BCUT2D eigenvalue weighted by atomic mass is 10.1. The van der Waals surface area contributed by atoms with Gasteiger partial charge in [0.25, 0.3) is 0 Å². The van der Waals surface area contributed by atoms with E-state index in [1.54, 1.807) is 23.5 Å². The van der Waals surface area contributed by atoms with Crippen molar-refractivity contribution < 1.29 is 4.39 Å². The smallest absolute Gasteiger partial charge is 0.123 e. The topological polar surface area (TPSA) is 0 Å². The second kappa shape index (κ2) is 7.78. The van der Waals surface area contributed by atoms with Gasteiger partial charge >= 0.3 is 0 Å². The fourth-order valence-corrected chi connectivity index (χ4v) is 5.71. The van der Waals surface area contributed by atoms with Crippen molar-refractivity contribution in [1.29, 1.82) is 0 Å². The highest BCUT2D eigenvalue weighted by Crippen LogP contribution is 2.46. The van der Waals surface area contributed by atoms with Crippen LogP contribution in [0.25, 0.3) is 19.8 Å². The van der Waals surface area contributed by atoms with E-state index in [9.17, 15) is 4.39 Å². The molecule has 0 saturated carbocycles. The highest BCUT2D eigenvalue weighted by atomic mass is 35.5. The van der Waals surface area contributed by atoms with Crippen LogP contribution in [0.2, 0.25) is 5.02 Å². The van der Waals surface area contributed by atoms with Gasteiger partial charge in [0.2, 0.25) is 0 Å². The minimum atomic E-state index is -0.214. The van der Waals surface area contributed by atoms with Crippen LogP contribution in [0.1, 0.15) is 43.9 Å². The molecule has 0 atom stereocenters. The first kappa shape index (κ1) is 16.9. The van der Waals surface area contributed by atoms with Crippen molar-refractivity contribution in [1.82, 2.24) is 0 Å². The van der Waals surface area contributed by atoms with E-state index in [2.05, 4.69) is 13.0 Å². The van der Waals surface area contributed by atoms with Crippen molar-refractivity contribution >= 4 is 43.7 Å². The molecular weight excluding hydrogens is 347 g/mol. The molecule has 0 bridgehead atoms. The van der Waals surface area contributed by atoms with E-state index in [0.29, 0.717) is 0 Å². The molecule has 0 amide bonds. The summed E-state index contributed by atoms with van der Waals surface area (Å²) in [6.07, 6.45) is 7.69. The van der Waals surface area contributed by atoms with Crippen LogP contribution in [-0.4, -0.2) is 0 Å². The first-order valence-corrected chi connectivity index (χ1v) is 10.2. The molecule has 0 saturated heterocycles. The average molecular weight is 367 g/mol. The van der Waals surface area contributed by atoms with E-state index in [1.807, 2.05) is 11.3 Å². The number of aryl methyl sites for hydroxylation is 1. The summed E-state index contributed by atoms with van der Waals surface area (Å²) in [5.74, 6) is -0.214. The summed E-state index contributed by atoms with van der Waals surface area (Å²) in [6, 6.07) is 8.85. The Bertz CT molecular complexity index is 771. The molecule has 2 aromatic heterocycles. The van der Waals surface area contributed by atoms with Gasteiger partial charge in [0.15, 0.2) is 0 Å².